The molecule has 4 aromatic carbocycles. The molecular weight excluding hydrogens is 426 g/mol. The predicted molar refractivity (Wildman–Crippen MR) is 135 cm³/mol. The maximum atomic E-state index is 13.1. The Bertz CT molecular complexity index is 1480. The van der Waals surface area contributed by atoms with Gasteiger partial charge >= 0.3 is 5.97 Å². The number of nitriles is 1. The lowest BCUT2D eigenvalue weighted by atomic mass is 9.97. The molecule has 1 aromatic heterocycles. The summed E-state index contributed by atoms with van der Waals surface area (Å²) in [5.41, 5.74) is 1.12. The van der Waals surface area contributed by atoms with E-state index in [9.17, 15) is 4.79 Å². The zero-order valence-corrected chi connectivity index (χ0v) is 19.2. The van der Waals surface area contributed by atoms with Crippen molar-refractivity contribution in [3.05, 3.63) is 114 Å². The smallest absolute Gasteiger partial charge is 0.339 e. The minimum Gasteiger partial charge on any atom is -0.451 e. The van der Waals surface area contributed by atoms with Crippen molar-refractivity contribution in [1.29, 1.82) is 5.26 Å². The number of ether oxygens (including phenoxy) is 1. The van der Waals surface area contributed by atoms with Crippen molar-refractivity contribution in [2.24, 2.45) is 0 Å². The summed E-state index contributed by atoms with van der Waals surface area (Å²) in [7, 11) is -0.269. The largest absolute Gasteiger partial charge is 0.451 e. The molecular formula is C29H22NO2S+. The third kappa shape index (κ3) is 3.77. The van der Waals surface area contributed by atoms with Crippen LogP contribution in [0.25, 0.3) is 25.1 Å². The van der Waals surface area contributed by atoms with Crippen LogP contribution in [-0.4, -0.2) is 5.97 Å². The van der Waals surface area contributed by atoms with E-state index in [1.165, 1.54) is 20.2 Å². The fraction of sp³-hybridized carbons (Fsp3) is 0.103. The SMILES string of the molecule is CC(C)(OC(=O)c1cccc(-[s+]2c3ccccc3c3ccccc32)c1)c1ccc(C#N)cc1. The first-order chi connectivity index (χ1) is 16.0. The number of carbonyl (C=O) groups excluding carboxylic acids is 1. The number of hydrogen-bond acceptors (Lipinski definition) is 3. The number of thiophene rings is 1. The Labute approximate surface area is 195 Å². The maximum Gasteiger partial charge on any atom is 0.339 e. The van der Waals surface area contributed by atoms with Crippen molar-refractivity contribution in [3.8, 4) is 11.0 Å². The number of nitrogens with zero attached hydrogens (tertiary/aromatic N) is 1. The minimum absolute atomic E-state index is 0.269. The van der Waals surface area contributed by atoms with Gasteiger partial charge in [0, 0.05) is 27.3 Å². The van der Waals surface area contributed by atoms with E-state index in [0.29, 0.717) is 11.1 Å². The highest BCUT2D eigenvalue weighted by Gasteiger charge is 2.28. The molecule has 0 bridgehead atoms. The minimum atomic E-state index is -0.823. The van der Waals surface area contributed by atoms with Crippen molar-refractivity contribution >= 4 is 36.6 Å². The van der Waals surface area contributed by atoms with Gasteiger partial charge in [-0.25, -0.2) is 4.79 Å². The van der Waals surface area contributed by atoms with Crippen molar-refractivity contribution in [2.75, 3.05) is 0 Å². The molecule has 0 aliphatic heterocycles. The van der Waals surface area contributed by atoms with Gasteiger partial charge in [-0.1, -0.05) is 42.5 Å². The van der Waals surface area contributed by atoms with Crippen molar-refractivity contribution in [3.63, 3.8) is 0 Å². The third-order valence-electron chi connectivity index (χ3n) is 5.87. The Morgan fingerprint density at radius 2 is 1.42 bits per heavy atom. The van der Waals surface area contributed by atoms with Crippen LogP contribution in [0.2, 0.25) is 0 Å². The highest BCUT2D eigenvalue weighted by molar-refractivity contribution is 7.50. The Morgan fingerprint density at radius 3 is 2.03 bits per heavy atom. The van der Waals surface area contributed by atoms with Crippen molar-refractivity contribution < 1.29 is 9.53 Å². The van der Waals surface area contributed by atoms with Crippen molar-refractivity contribution in [2.45, 2.75) is 19.4 Å². The highest BCUT2D eigenvalue weighted by Crippen LogP contribution is 2.48. The summed E-state index contributed by atoms with van der Waals surface area (Å²) < 4.78 is 8.48. The third-order valence-corrected chi connectivity index (χ3v) is 8.18. The monoisotopic (exact) mass is 448 g/mol. The second kappa shape index (κ2) is 8.20. The van der Waals surface area contributed by atoms with Crippen LogP contribution in [0.5, 0.6) is 0 Å². The second-order valence-corrected chi connectivity index (χ2v) is 10.4. The molecule has 0 radical (unpaired) electrons. The summed E-state index contributed by atoms with van der Waals surface area (Å²) in [6.07, 6.45) is 0. The molecule has 0 atom stereocenters. The standard InChI is InChI=1S/C29H22NO2S/c1-29(2,22-16-14-20(19-30)15-17-22)32-28(31)21-8-7-9-23(18-21)33-26-12-5-3-10-24(26)25-11-4-6-13-27(25)33/h3-18H,1-2H3/q+1. The molecule has 160 valence electrons. The van der Waals surface area contributed by atoms with Crippen LogP contribution in [0, 0.1) is 11.3 Å². The number of benzene rings is 4. The van der Waals surface area contributed by atoms with E-state index in [-0.39, 0.29) is 16.4 Å². The van der Waals surface area contributed by atoms with Gasteiger partial charge in [-0.05, 0) is 67.9 Å². The molecule has 0 N–H and O–H groups in total. The molecule has 4 heteroatoms. The first-order valence-corrected chi connectivity index (χ1v) is 12.0. The Kier molecular flexibility index (Phi) is 5.20. The number of rotatable bonds is 4. The molecule has 0 aliphatic rings. The van der Waals surface area contributed by atoms with Crippen molar-refractivity contribution in [1.82, 2.24) is 0 Å². The maximum absolute atomic E-state index is 13.1. The van der Waals surface area contributed by atoms with Gasteiger partial charge in [0.1, 0.15) is 5.60 Å². The normalized spacial score (nSPS) is 11.4. The van der Waals surface area contributed by atoms with Crippen LogP contribution in [0.15, 0.2) is 97.1 Å². The van der Waals surface area contributed by atoms with E-state index in [0.717, 1.165) is 10.5 Å². The summed E-state index contributed by atoms with van der Waals surface area (Å²) in [5.74, 6) is -0.365. The molecule has 33 heavy (non-hydrogen) atoms. The van der Waals surface area contributed by atoms with E-state index >= 15 is 0 Å². The zero-order chi connectivity index (χ0) is 23.0. The predicted octanol–water partition coefficient (Wildman–Crippen LogP) is 7.70. The molecule has 0 fully saturated rings. The summed E-state index contributed by atoms with van der Waals surface area (Å²) in [5, 5.41) is 11.5. The van der Waals surface area contributed by atoms with Gasteiger partial charge in [0.05, 0.1) is 17.2 Å². The molecule has 0 amide bonds. The molecule has 3 nitrogen and oxygen atoms in total. The molecule has 0 spiro atoms. The number of hydrogen-bond donors (Lipinski definition) is 0. The van der Waals surface area contributed by atoms with E-state index in [2.05, 4.69) is 60.7 Å². The van der Waals surface area contributed by atoms with Crippen LogP contribution in [-0.2, 0) is 10.3 Å². The summed E-state index contributed by atoms with van der Waals surface area (Å²) in [6, 6.07) is 34.0. The first-order valence-electron chi connectivity index (χ1n) is 10.7. The van der Waals surface area contributed by atoms with E-state index in [1.54, 1.807) is 18.2 Å². The Balaban J connectivity index is 1.52. The van der Waals surface area contributed by atoms with Crippen LogP contribution >= 0.6 is 10.5 Å². The van der Waals surface area contributed by atoms with Gasteiger partial charge in [-0.3, -0.25) is 0 Å². The van der Waals surface area contributed by atoms with Gasteiger partial charge in [0.15, 0.2) is 14.3 Å². The topological polar surface area (TPSA) is 50.1 Å². The Hall–Kier alpha value is -3.94. The molecule has 5 aromatic rings. The molecule has 1 heterocycles. The van der Waals surface area contributed by atoms with Gasteiger partial charge in [0.25, 0.3) is 0 Å². The summed E-state index contributed by atoms with van der Waals surface area (Å²) >= 11 is 0. The zero-order valence-electron chi connectivity index (χ0n) is 18.4. The molecule has 5 rings (SSSR count). The molecule has 0 saturated heterocycles. The van der Waals surface area contributed by atoms with Crippen LogP contribution in [0.3, 0.4) is 0 Å². The second-order valence-electron chi connectivity index (χ2n) is 8.42. The average Bonchev–Trinajstić information content (AvgIpc) is 3.18. The van der Waals surface area contributed by atoms with E-state index in [1.807, 2.05) is 38.1 Å². The average molecular weight is 449 g/mol. The number of carbonyl (C=O) groups is 1. The molecule has 0 aliphatic carbocycles. The van der Waals surface area contributed by atoms with Gasteiger partial charge in [-0.2, -0.15) is 5.26 Å². The quantitative estimate of drug-likeness (QED) is 0.209. The lowest BCUT2D eigenvalue weighted by Crippen LogP contribution is -2.25. The van der Waals surface area contributed by atoms with E-state index < -0.39 is 5.60 Å². The van der Waals surface area contributed by atoms with Crippen LogP contribution in [0.1, 0.15) is 35.3 Å². The number of fused-ring (bicyclic) bond motifs is 3. The number of esters is 1. The highest BCUT2D eigenvalue weighted by atomic mass is 32.2. The first kappa shape index (κ1) is 20.9. The van der Waals surface area contributed by atoms with Gasteiger partial charge in [-0.15, -0.1) is 0 Å². The lowest BCUT2D eigenvalue weighted by molar-refractivity contribution is -0.00312. The molecule has 0 saturated carbocycles. The summed E-state index contributed by atoms with van der Waals surface area (Å²) in [4.78, 5) is 14.2. The van der Waals surface area contributed by atoms with Gasteiger partial charge < -0.3 is 4.74 Å². The molecule has 0 unspecified atom stereocenters. The van der Waals surface area contributed by atoms with Gasteiger partial charge in [0.2, 0.25) is 0 Å². The fourth-order valence-corrected chi connectivity index (χ4v) is 6.58. The van der Waals surface area contributed by atoms with Crippen LogP contribution < -0.4 is 0 Å². The lowest BCUT2D eigenvalue weighted by Gasteiger charge is -2.25. The summed E-state index contributed by atoms with van der Waals surface area (Å²) in [6.45, 7) is 3.72. The fourth-order valence-electron chi connectivity index (χ4n) is 4.15. The van der Waals surface area contributed by atoms with E-state index in [4.69, 9.17) is 10.00 Å². The Morgan fingerprint density at radius 1 is 0.818 bits per heavy atom. The van der Waals surface area contributed by atoms with Crippen LogP contribution in [0.4, 0.5) is 0 Å².